The van der Waals surface area contributed by atoms with Crippen molar-refractivity contribution in [1.82, 2.24) is 30.0 Å². The Hall–Kier alpha value is -4.08. The SMILES string of the molecule is CCOP(=O)(O)Cc1ccc(Nc2ncc(C(F)(F)F)c(Nc3ccc(-c4cnn(CCCCO)c4)nc3C(=O)NC)n2)c(Cl)c1. The summed E-state index contributed by atoms with van der Waals surface area (Å²) in [6, 6.07) is 7.30. The average Bonchev–Trinajstić information content (AvgIpc) is 3.47. The van der Waals surface area contributed by atoms with Gasteiger partial charge in [-0.2, -0.15) is 23.3 Å². The molecule has 4 rings (SSSR count). The van der Waals surface area contributed by atoms with Crippen LogP contribution >= 0.6 is 19.2 Å². The van der Waals surface area contributed by atoms with Crippen LogP contribution in [0.1, 0.15) is 41.4 Å². The lowest BCUT2D eigenvalue weighted by molar-refractivity contribution is -0.137. The minimum atomic E-state index is -4.86. The third kappa shape index (κ3) is 9.01. The molecule has 0 aliphatic carbocycles. The summed E-state index contributed by atoms with van der Waals surface area (Å²) in [7, 11) is -2.52. The number of unbranched alkanes of at least 4 members (excludes halogenated alkanes) is 1. The Bertz CT molecular complexity index is 1740. The number of pyridine rings is 1. The summed E-state index contributed by atoms with van der Waals surface area (Å²) < 4.78 is 60.6. The van der Waals surface area contributed by atoms with Crippen molar-refractivity contribution in [3.63, 3.8) is 0 Å². The molecule has 0 saturated carbocycles. The number of rotatable bonds is 14. The van der Waals surface area contributed by atoms with Gasteiger partial charge in [-0.25, -0.2) is 9.97 Å². The molecule has 1 unspecified atom stereocenters. The molecule has 18 heteroatoms. The average molecular weight is 683 g/mol. The number of anilines is 4. The van der Waals surface area contributed by atoms with Crippen molar-refractivity contribution in [1.29, 1.82) is 0 Å². The number of alkyl halides is 3. The van der Waals surface area contributed by atoms with Gasteiger partial charge in [0.15, 0.2) is 5.69 Å². The van der Waals surface area contributed by atoms with Gasteiger partial charge in [0, 0.05) is 38.2 Å². The van der Waals surface area contributed by atoms with Gasteiger partial charge in [0.05, 0.1) is 41.1 Å². The third-order valence-corrected chi connectivity index (χ3v) is 8.14. The highest BCUT2D eigenvalue weighted by Gasteiger charge is 2.36. The molecule has 46 heavy (non-hydrogen) atoms. The van der Waals surface area contributed by atoms with Gasteiger partial charge in [0.1, 0.15) is 11.4 Å². The van der Waals surface area contributed by atoms with E-state index in [4.69, 9.17) is 21.2 Å². The predicted octanol–water partition coefficient (Wildman–Crippen LogP) is 5.75. The third-order valence-electron chi connectivity index (χ3n) is 6.40. The number of aliphatic hydroxyl groups excluding tert-OH is 1. The van der Waals surface area contributed by atoms with E-state index in [9.17, 15) is 27.4 Å². The van der Waals surface area contributed by atoms with Crippen molar-refractivity contribution in [2.24, 2.45) is 0 Å². The summed E-state index contributed by atoms with van der Waals surface area (Å²) >= 11 is 6.33. The summed E-state index contributed by atoms with van der Waals surface area (Å²) in [5, 5.41) is 21.1. The van der Waals surface area contributed by atoms with Gasteiger partial charge in [0.25, 0.3) is 5.91 Å². The molecular formula is C28H31ClF3N8O5P. The fourth-order valence-electron chi connectivity index (χ4n) is 4.25. The molecule has 0 aliphatic heterocycles. The molecule has 5 N–H and O–H groups in total. The van der Waals surface area contributed by atoms with Crippen molar-refractivity contribution < 1.29 is 37.1 Å². The zero-order valence-corrected chi connectivity index (χ0v) is 26.3. The van der Waals surface area contributed by atoms with Crippen LogP contribution in [0.5, 0.6) is 0 Å². The van der Waals surface area contributed by atoms with E-state index in [1.165, 1.54) is 37.4 Å². The number of hydrogen-bond donors (Lipinski definition) is 5. The molecule has 0 bridgehead atoms. The number of hydrogen-bond acceptors (Lipinski definition) is 10. The Balaban J connectivity index is 1.64. The highest BCUT2D eigenvalue weighted by Crippen LogP contribution is 2.46. The zero-order valence-electron chi connectivity index (χ0n) is 24.7. The number of amides is 1. The van der Waals surface area contributed by atoms with Crippen molar-refractivity contribution in [2.75, 3.05) is 30.9 Å². The number of aryl methyl sites for hydroxylation is 1. The minimum absolute atomic E-state index is 0.0476. The van der Waals surface area contributed by atoms with Crippen LogP contribution in [-0.4, -0.2) is 60.9 Å². The molecule has 0 aliphatic rings. The first-order valence-corrected chi connectivity index (χ1v) is 16.1. The van der Waals surface area contributed by atoms with Crippen LogP contribution in [-0.2, 0) is 28.0 Å². The molecule has 4 aromatic rings. The van der Waals surface area contributed by atoms with Crippen LogP contribution < -0.4 is 16.0 Å². The van der Waals surface area contributed by atoms with Crippen molar-refractivity contribution >= 4 is 48.2 Å². The van der Waals surface area contributed by atoms with Crippen molar-refractivity contribution in [2.45, 2.75) is 38.6 Å². The van der Waals surface area contributed by atoms with E-state index in [-0.39, 0.29) is 47.4 Å². The number of aliphatic hydroxyl groups is 1. The van der Waals surface area contributed by atoms with Gasteiger partial charge in [-0.3, -0.25) is 14.0 Å². The largest absolute Gasteiger partial charge is 0.421 e. The normalized spacial score (nSPS) is 12.9. The number of nitrogens with zero attached hydrogens (tertiary/aromatic N) is 5. The highest BCUT2D eigenvalue weighted by atomic mass is 35.5. The summed E-state index contributed by atoms with van der Waals surface area (Å²) in [6.45, 7) is 2.25. The number of carbonyl (C=O) groups is 1. The zero-order chi connectivity index (χ0) is 33.5. The molecule has 1 amide bonds. The van der Waals surface area contributed by atoms with Crippen LogP contribution in [0, 0.1) is 0 Å². The Morgan fingerprint density at radius 2 is 1.87 bits per heavy atom. The van der Waals surface area contributed by atoms with Crippen LogP contribution in [0.3, 0.4) is 0 Å². The predicted molar refractivity (Wildman–Crippen MR) is 165 cm³/mol. The van der Waals surface area contributed by atoms with Gasteiger partial charge < -0.3 is 30.5 Å². The lowest BCUT2D eigenvalue weighted by Crippen LogP contribution is -2.21. The van der Waals surface area contributed by atoms with Crippen LogP contribution in [0.15, 0.2) is 48.9 Å². The smallest absolute Gasteiger partial charge is 0.396 e. The molecule has 0 radical (unpaired) electrons. The number of halogens is 4. The molecule has 246 valence electrons. The maximum atomic E-state index is 14.0. The summed E-state index contributed by atoms with van der Waals surface area (Å²) in [5.41, 5.74) is 0.0971. The molecule has 13 nitrogen and oxygen atoms in total. The Labute approximate surface area is 266 Å². The summed E-state index contributed by atoms with van der Waals surface area (Å²) in [6.07, 6.45) is 0.000152. The lowest BCUT2D eigenvalue weighted by atomic mass is 10.1. The molecular weight excluding hydrogens is 652 g/mol. The summed E-state index contributed by atoms with van der Waals surface area (Å²) in [4.78, 5) is 34.9. The van der Waals surface area contributed by atoms with Gasteiger partial charge in [-0.15, -0.1) is 0 Å². The molecule has 0 fully saturated rings. The molecule has 0 saturated heterocycles. The number of benzene rings is 1. The first-order chi connectivity index (χ1) is 21.8. The molecule has 3 aromatic heterocycles. The van der Waals surface area contributed by atoms with Crippen LogP contribution in [0.25, 0.3) is 11.3 Å². The number of aromatic nitrogens is 5. The van der Waals surface area contributed by atoms with Gasteiger partial charge >= 0.3 is 13.8 Å². The first-order valence-electron chi connectivity index (χ1n) is 13.9. The fourth-order valence-corrected chi connectivity index (χ4v) is 5.65. The minimum Gasteiger partial charge on any atom is -0.396 e. The summed E-state index contributed by atoms with van der Waals surface area (Å²) in [5.74, 6) is -1.58. The van der Waals surface area contributed by atoms with Crippen LogP contribution in [0.4, 0.5) is 36.3 Å². The topological polar surface area (TPSA) is 176 Å². The Kier molecular flexibility index (Phi) is 11.3. The van der Waals surface area contributed by atoms with E-state index in [1.54, 1.807) is 24.0 Å². The van der Waals surface area contributed by atoms with Crippen LogP contribution in [0.2, 0.25) is 5.02 Å². The Morgan fingerprint density at radius 1 is 1.11 bits per heavy atom. The maximum absolute atomic E-state index is 14.0. The molecule has 0 spiro atoms. The van der Waals surface area contributed by atoms with E-state index >= 15 is 0 Å². The van der Waals surface area contributed by atoms with Gasteiger partial charge in [-0.1, -0.05) is 17.7 Å². The molecule has 1 atom stereocenters. The number of carbonyl (C=O) groups excluding carboxylic acids is 1. The quantitative estimate of drug-likeness (QED) is 0.0809. The van der Waals surface area contributed by atoms with E-state index in [0.29, 0.717) is 42.4 Å². The second-order valence-corrected chi connectivity index (χ2v) is 12.1. The maximum Gasteiger partial charge on any atom is 0.421 e. The Morgan fingerprint density at radius 3 is 2.54 bits per heavy atom. The standard InChI is InChI=1S/C28H31ClF3N8O5P/c1-3-45-46(43,44)16-17-6-7-22(20(29)12-17)38-27-34-14-19(28(30,31)32)25(39-27)37-23-9-8-21(36-24(23)26(42)33-2)18-13-35-40(15-18)10-4-5-11-41/h6-9,12-15,41H,3-5,10-11,16H2,1-2H3,(H,33,42)(H,43,44)(H2,34,37,38,39). The fraction of sp³-hybridized carbons (Fsp3) is 0.321. The van der Waals surface area contributed by atoms with Crippen molar-refractivity contribution in [3.05, 3.63) is 70.8 Å². The van der Waals surface area contributed by atoms with E-state index in [1.807, 2.05) is 0 Å². The second kappa shape index (κ2) is 15.0. The van der Waals surface area contributed by atoms with Gasteiger partial charge in [-0.05, 0) is 49.6 Å². The lowest BCUT2D eigenvalue weighted by Gasteiger charge is -2.17. The first kappa shape index (κ1) is 34.8. The van der Waals surface area contributed by atoms with E-state index in [2.05, 4.69) is 36.0 Å². The monoisotopic (exact) mass is 682 g/mol. The number of nitrogens with one attached hydrogen (secondary N) is 3. The second-order valence-electron chi connectivity index (χ2n) is 9.83. The van der Waals surface area contributed by atoms with E-state index < -0.39 is 31.1 Å². The van der Waals surface area contributed by atoms with E-state index in [0.717, 1.165) is 0 Å². The van der Waals surface area contributed by atoms with Crippen molar-refractivity contribution in [3.8, 4) is 11.3 Å². The van der Waals surface area contributed by atoms with Gasteiger partial charge in [0.2, 0.25) is 5.95 Å². The molecule has 3 heterocycles. The molecule has 1 aromatic carbocycles. The highest BCUT2D eigenvalue weighted by molar-refractivity contribution is 7.51.